The molecule has 7 nitrogen and oxygen atoms in total. The smallest absolute Gasteiger partial charge is 0.325 e. The van der Waals surface area contributed by atoms with Gasteiger partial charge in [0.2, 0.25) is 0 Å². The fourth-order valence-electron chi connectivity index (χ4n) is 4.75. The Labute approximate surface area is 165 Å². The van der Waals surface area contributed by atoms with Gasteiger partial charge in [-0.1, -0.05) is 13.8 Å². The van der Waals surface area contributed by atoms with Crippen LogP contribution in [0.25, 0.3) is 0 Å². The second kappa shape index (κ2) is 7.08. The number of anilines is 1. The molecule has 0 unspecified atom stereocenters. The van der Waals surface area contributed by atoms with E-state index in [9.17, 15) is 14.9 Å². The molecule has 0 radical (unpaired) electrons. The molecule has 1 N–H and O–H groups in total. The number of urea groups is 1. The highest BCUT2D eigenvalue weighted by molar-refractivity contribution is 6.07. The zero-order valence-electron chi connectivity index (χ0n) is 16.6. The van der Waals surface area contributed by atoms with Gasteiger partial charge >= 0.3 is 6.03 Å². The van der Waals surface area contributed by atoms with Crippen molar-refractivity contribution in [1.82, 2.24) is 15.2 Å². The highest BCUT2D eigenvalue weighted by Crippen LogP contribution is 2.36. The number of carbonyl (C=O) groups excluding carboxylic acids is 2. The maximum atomic E-state index is 12.7. The fourth-order valence-corrected chi connectivity index (χ4v) is 4.75. The number of hydrogen-bond donors (Lipinski definition) is 1. The Bertz CT molecular complexity index is 849. The number of imide groups is 1. The average Bonchev–Trinajstić information content (AvgIpc) is 2.91. The molecule has 0 aromatic carbocycles. The van der Waals surface area contributed by atoms with Crippen molar-refractivity contribution in [2.24, 2.45) is 5.92 Å². The molecule has 1 aliphatic carbocycles. The number of hydrogen-bond acceptors (Lipinski definition) is 5. The number of aryl methyl sites for hydroxylation is 2. The van der Waals surface area contributed by atoms with Crippen molar-refractivity contribution in [2.45, 2.75) is 57.9 Å². The summed E-state index contributed by atoms with van der Waals surface area (Å²) in [5.74, 6) is 0.842. The number of pyridine rings is 1. The lowest BCUT2D eigenvalue weighted by atomic mass is 9.85. The summed E-state index contributed by atoms with van der Waals surface area (Å²) in [6.45, 7) is 5.88. The molecular weight excluding hydrogens is 354 g/mol. The van der Waals surface area contributed by atoms with Gasteiger partial charge in [0.25, 0.3) is 5.91 Å². The number of piperidine rings is 1. The molecule has 3 heterocycles. The van der Waals surface area contributed by atoms with Crippen LogP contribution < -0.4 is 10.2 Å². The van der Waals surface area contributed by atoms with Gasteiger partial charge in [-0.25, -0.2) is 9.78 Å². The van der Waals surface area contributed by atoms with Gasteiger partial charge in [-0.05, 0) is 56.1 Å². The topological polar surface area (TPSA) is 89.3 Å². The summed E-state index contributed by atoms with van der Waals surface area (Å²) in [6.07, 6.45) is 5.36. The van der Waals surface area contributed by atoms with Crippen LogP contribution in [0, 0.1) is 17.2 Å². The highest BCUT2D eigenvalue weighted by Gasteiger charge is 2.54. The van der Waals surface area contributed by atoms with Crippen LogP contribution >= 0.6 is 0 Å². The molecule has 2 fully saturated rings. The van der Waals surface area contributed by atoms with Crippen LogP contribution in [0.4, 0.5) is 10.6 Å². The largest absolute Gasteiger partial charge is 0.355 e. The minimum atomic E-state index is -0.765. The highest BCUT2D eigenvalue weighted by atomic mass is 16.2. The molecule has 1 aromatic rings. The Morgan fingerprint density at radius 3 is 2.64 bits per heavy atom. The lowest BCUT2D eigenvalue weighted by Crippen LogP contribution is -2.57. The van der Waals surface area contributed by atoms with Gasteiger partial charge in [-0.15, -0.1) is 0 Å². The van der Waals surface area contributed by atoms with E-state index in [1.807, 2.05) is 6.07 Å². The first-order chi connectivity index (χ1) is 13.4. The second-order valence-corrected chi connectivity index (χ2v) is 8.57. The second-order valence-electron chi connectivity index (χ2n) is 8.57. The van der Waals surface area contributed by atoms with Crippen LogP contribution in [0.3, 0.4) is 0 Å². The van der Waals surface area contributed by atoms with Crippen LogP contribution in [0.2, 0.25) is 0 Å². The summed E-state index contributed by atoms with van der Waals surface area (Å²) in [4.78, 5) is 33.7. The summed E-state index contributed by atoms with van der Waals surface area (Å²) in [6, 6.07) is 4.02. The van der Waals surface area contributed by atoms with Gasteiger partial charge in [0.05, 0.1) is 5.56 Å². The third kappa shape index (κ3) is 3.01. The van der Waals surface area contributed by atoms with Gasteiger partial charge < -0.3 is 9.80 Å². The summed E-state index contributed by atoms with van der Waals surface area (Å²) >= 11 is 0. The molecule has 7 heteroatoms. The molecule has 0 saturated carbocycles. The molecule has 148 valence electrons. The molecule has 28 heavy (non-hydrogen) atoms. The predicted molar refractivity (Wildman–Crippen MR) is 105 cm³/mol. The third-order valence-electron chi connectivity index (χ3n) is 6.24. The van der Waals surface area contributed by atoms with Gasteiger partial charge in [0.1, 0.15) is 17.4 Å². The molecule has 1 aromatic heterocycles. The summed E-state index contributed by atoms with van der Waals surface area (Å²) < 4.78 is 0. The molecule has 3 amide bonds. The summed E-state index contributed by atoms with van der Waals surface area (Å²) in [7, 11) is 0. The Kier molecular flexibility index (Phi) is 4.74. The van der Waals surface area contributed by atoms with E-state index in [4.69, 9.17) is 4.98 Å². The number of rotatable bonds is 3. The Morgan fingerprint density at radius 1 is 1.25 bits per heavy atom. The summed E-state index contributed by atoms with van der Waals surface area (Å²) in [5, 5.41) is 12.2. The van der Waals surface area contributed by atoms with Crippen molar-refractivity contribution in [2.75, 3.05) is 24.5 Å². The Hall–Kier alpha value is -2.62. The monoisotopic (exact) mass is 381 g/mol. The molecule has 1 spiro atoms. The average molecular weight is 381 g/mol. The lowest BCUT2D eigenvalue weighted by Gasteiger charge is -2.43. The first-order valence-corrected chi connectivity index (χ1v) is 10.3. The zero-order valence-corrected chi connectivity index (χ0v) is 16.6. The third-order valence-corrected chi connectivity index (χ3v) is 6.24. The number of nitrogens with zero attached hydrogens (tertiary/aromatic N) is 4. The van der Waals surface area contributed by atoms with Crippen LogP contribution in [0.5, 0.6) is 0 Å². The number of nitriles is 1. The molecule has 2 saturated heterocycles. The van der Waals surface area contributed by atoms with Crippen molar-refractivity contribution in [3.63, 3.8) is 0 Å². The van der Waals surface area contributed by atoms with Gasteiger partial charge in [-0.2, -0.15) is 5.26 Å². The standard InChI is InChI=1S/C21H27N5O2/c1-14(2)13-26-20(28)24-19(27)21(26)7-9-25(10-8-21)18-16(12-22)11-15-5-3-4-6-17(15)23-18/h11,14H,3-10,13H2,1-2H3,(H,24,27,28). The molecule has 2 aliphatic heterocycles. The van der Waals surface area contributed by atoms with E-state index in [0.29, 0.717) is 44.0 Å². The number of fused-ring (bicyclic) bond motifs is 1. The van der Waals surface area contributed by atoms with Gasteiger partial charge in [0.15, 0.2) is 0 Å². The van der Waals surface area contributed by atoms with Crippen molar-refractivity contribution in [3.05, 3.63) is 22.9 Å². The summed E-state index contributed by atoms with van der Waals surface area (Å²) in [5.41, 5.74) is 2.15. The Morgan fingerprint density at radius 2 is 1.96 bits per heavy atom. The molecular formula is C21H27N5O2. The number of aromatic nitrogens is 1. The van der Waals surface area contributed by atoms with Crippen molar-refractivity contribution in [1.29, 1.82) is 5.26 Å². The van der Waals surface area contributed by atoms with Crippen molar-refractivity contribution in [3.8, 4) is 6.07 Å². The van der Waals surface area contributed by atoms with Crippen LogP contribution in [0.1, 0.15) is 56.4 Å². The number of amides is 3. The quantitative estimate of drug-likeness (QED) is 0.812. The number of carbonyl (C=O) groups is 2. The first kappa shape index (κ1) is 18.7. The number of nitrogens with one attached hydrogen (secondary N) is 1. The molecule has 0 bridgehead atoms. The molecule has 0 atom stereocenters. The first-order valence-electron chi connectivity index (χ1n) is 10.3. The zero-order chi connectivity index (χ0) is 19.9. The predicted octanol–water partition coefficient (Wildman–Crippen LogP) is 2.38. The van der Waals surface area contributed by atoms with Crippen molar-refractivity contribution < 1.29 is 9.59 Å². The van der Waals surface area contributed by atoms with Crippen LogP contribution in [-0.4, -0.2) is 47.0 Å². The molecule has 4 rings (SSSR count). The van der Waals surface area contributed by atoms with E-state index in [2.05, 4.69) is 30.1 Å². The van der Waals surface area contributed by atoms with Gasteiger partial charge in [0, 0.05) is 25.3 Å². The van der Waals surface area contributed by atoms with Gasteiger partial charge in [-0.3, -0.25) is 10.1 Å². The fraction of sp³-hybridized carbons (Fsp3) is 0.619. The van der Waals surface area contributed by atoms with E-state index in [1.54, 1.807) is 4.90 Å². The normalized spacial score (nSPS) is 21.1. The van der Waals surface area contributed by atoms with E-state index in [-0.39, 0.29) is 11.9 Å². The van der Waals surface area contributed by atoms with E-state index in [0.717, 1.165) is 37.2 Å². The van der Waals surface area contributed by atoms with Crippen LogP contribution in [0.15, 0.2) is 6.07 Å². The maximum absolute atomic E-state index is 12.7. The van der Waals surface area contributed by atoms with E-state index in [1.165, 1.54) is 5.56 Å². The van der Waals surface area contributed by atoms with E-state index >= 15 is 0 Å². The lowest BCUT2D eigenvalue weighted by molar-refractivity contribution is -0.127. The van der Waals surface area contributed by atoms with Crippen LogP contribution in [-0.2, 0) is 17.6 Å². The van der Waals surface area contributed by atoms with Crippen molar-refractivity contribution >= 4 is 17.8 Å². The SMILES string of the molecule is CC(C)CN1C(=O)NC(=O)C12CCN(c1nc3c(cc1C#N)CCCC3)CC2. The maximum Gasteiger partial charge on any atom is 0.325 e. The minimum absolute atomic E-state index is 0.184. The minimum Gasteiger partial charge on any atom is -0.355 e. The Balaban J connectivity index is 1.58. The van der Waals surface area contributed by atoms with E-state index < -0.39 is 5.54 Å². The molecule has 3 aliphatic rings.